The van der Waals surface area contributed by atoms with Crippen LogP contribution in [0, 0.1) is 18.3 Å². The van der Waals surface area contributed by atoms with Crippen LogP contribution in [0.2, 0.25) is 0 Å². The lowest BCUT2D eigenvalue weighted by molar-refractivity contribution is 0.0163. The molecule has 0 saturated carbocycles. The van der Waals surface area contributed by atoms with Crippen molar-refractivity contribution in [3.63, 3.8) is 0 Å². The van der Waals surface area contributed by atoms with E-state index in [9.17, 15) is 9.90 Å². The number of esters is 1. The summed E-state index contributed by atoms with van der Waals surface area (Å²) in [6.07, 6.45) is 1.54. The molecule has 2 aromatic heterocycles. The van der Waals surface area contributed by atoms with E-state index in [-0.39, 0.29) is 12.4 Å². The number of hydrogen-bond acceptors (Lipinski definition) is 8. The van der Waals surface area contributed by atoms with Gasteiger partial charge in [-0.1, -0.05) is 0 Å². The molecule has 0 atom stereocenters. The third kappa shape index (κ3) is 2.62. The number of aryl methyl sites for hydroxylation is 1. The first-order valence-electron chi connectivity index (χ1n) is 7.24. The quantitative estimate of drug-likeness (QED) is 0.850. The second-order valence-corrected chi connectivity index (χ2v) is 6.57. The minimum Gasteiger partial charge on any atom is -0.462 e. The zero-order chi connectivity index (χ0) is 16.6. The molecule has 1 N–H and O–H groups in total. The fourth-order valence-electron chi connectivity index (χ4n) is 2.76. The predicted molar refractivity (Wildman–Crippen MR) is 85.5 cm³/mol. The number of anilines is 1. The summed E-state index contributed by atoms with van der Waals surface area (Å²) in [6, 6.07) is 2.00. The van der Waals surface area contributed by atoms with Crippen molar-refractivity contribution in [3.8, 4) is 6.07 Å². The first-order chi connectivity index (χ1) is 11.0. The smallest absolute Gasteiger partial charge is 0.348 e. The highest BCUT2D eigenvalue weighted by Crippen LogP contribution is 2.38. The summed E-state index contributed by atoms with van der Waals surface area (Å²) in [5.41, 5.74) is -0.199. The standard InChI is InChI=1S/C15H16N4O3S/c1-3-22-14(20)11-9(2)10-12(17-8-18-13(10)23-11)19-6-15(21,7-19)4-5-16/h8,21H,3-4,6-7H2,1-2H3. The molecule has 8 heteroatoms. The summed E-state index contributed by atoms with van der Waals surface area (Å²) < 4.78 is 5.08. The molecule has 0 bridgehead atoms. The number of nitriles is 1. The average molecular weight is 332 g/mol. The summed E-state index contributed by atoms with van der Waals surface area (Å²) in [5, 5.41) is 19.7. The van der Waals surface area contributed by atoms with Crippen LogP contribution in [-0.2, 0) is 4.74 Å². The van der Waals surface area contributed by atoms with E-state index in [1.54, 1.807) is 6.92 Å². The first-order valence-corrected chi connectivity index (χ1v) is 8.06. The van der Waals surface area contributed by atoms with Gasteiger partial charge in [-0.15, -0.1) is 11.3 Å². The van der Waals surface area contributed by atoms with Gasteiger partial charge in [0, 0.05) is 0 Å². The van der Waals surface area contributed by atoms with Crippen LogP contribution in [0.1, 0.15) is 28.6 Å². The van der Waals surface area contributed by atoms with Gasteiger partial charge in [-0.25, -0.2) is 14.8 Å². The molecule has 7 nitrogen and oxygen atoms in total. The zero-order valence-electron chi connectivity index (χ0n) is 12.9. The van der Waals surface area contributed by atoms with Gasteiger partial charge in [0.15, 0.2) is 0 Å². The minimum absolute atomic E-state index is 0.0917. The number of rotatable bonds is 4. The second kappa shape index (κ2) is 5.76. The monoisotopic (exact) mass is 332 g/mol. The van der Waals surface area contributed by atoms with Crippen LogP contribution in [0.3, 0.4) is 0 Å². The minimum atomic E-state index is -0.986. The van der Waals surface area contributed by atoms with E-state index in [0.29, 0.717) is 35.2 Å². The van der Waals surface area contributed by atoms with Crippen LogP contribution in [0.15, 0.2) is 6.33 Å². The molecule has 0 radical (unpaired) electrons. The van der Waals surface area contributed by atoms with Crippen LogP contribution >= 0.6 is 11.3 Å². The van der Waals surface area contributed by atoms with Gasteiger partial charge in [0.05, 0.1) is 37.6 Å². The normalized spacial score (nSPS) is 16.0. The van der Waals surface area contributed by atoms with Gasteiger partial charge in [-0.05, 0) is 19.4 Å². The van der Waals surface area contributed by atoms with Crippen molar-refractivity contribution in [3.05, 3.63) is 16.8 Å². The topological polar surface area (TPSA) is 99.3 Å². The van der Waals surface area contributed by atoms with Crippen molar-refractivity contribution in [2.45, 2.75) is 25.9 Å². The highest BCUT2D eigenvalue weighted by atomic mass is 32.1. The van der Waals surface area contributed by atoms with Crippen molar-refractivity contribution >= 4 is 33.3 Å². The molecule has 0 amide bonds. The average Bonchev–Trinajstić information content (AvgIpc) is 2.83. The highest BCUT2D eigenvalue weighted by Gasteiger charge is 2.42. The van der Waals surface area contributed by atoms with Crippen molar-refractivity contribution in [2.24, 2.45) is 0 Å². The lowest BCUT2D eigenvalue weighted by Crippen LogP contribution is -2.62. The van der Waals surface area contributed by atoms with E-state index < -0.39 is 5.60 Å². The van der Waals surface area contributed by atoms with Crippen molar-refractivity contribution in [1.82, 2.24) is 9.97 Å². The van der Waals surface area contributed by atoms with E-state index in [2.05, 4.69) is 9.97 Å². The Bertz CT molecular complexity index is 805. The molecule has 3 heterocycles. The molecule has 0 aromatic carbocycles. The first kappa shape index (κ1) is 15.6. The third-order valence-electron chi connectivity index (χ3n) is 3.85. The van der Waals surface area contributed by atoms with Crippen LogP contribution in [-0.4, -0.2) is 46.3 Å². The highest BCUT2D eigenvalue weighted by molar-refractivity contribution is 7.20. The largest absolute Gasteiger partial charge is 0.462 e. The lowest BCUT2D eigenvalue weighted by Gasteiger charge is -2.46. The van der Waals surface area contributed by atoms with Gasteiger partial charge in [0.1, 0.15) is 27.5 Å². The number of aromatic nitrogens is 2. The number of hydrogen-bond donors (Lipinski definition) is 1. The van der Waals surface area contributed by atoms with Crippen molar-refractivity contribution in [1.29, 1.82) is 5.26 Å². The van der Waals surface area contributed by atoms with Gasteiger partial charge < -0.3 is 14.7 Å². The third-order valence-corrected chi connectivity index (χ3v) is 5.03. The van der Waals surface area contributed by atoms with Crippen molar-refractivity contribution < 1.29 is 14.6 Å². The molecule has 1 saturated heterocycles. The molecule has 23 heavy (non-hydrogen) atoms. The van der Waals surface area contributed by atoms with E-state index in [1.807, 2.05) is 17.9 Å². The molecule has 2 aromatic rings. The number of carbonyl (C=O) groups is 1. The Labute approximate surface area is 137 Å². The Kier molecular flexibility index (Phi) is 3.92. The summed E-state index contributed by atoms with van der Waals surface area (Å²) in [4.78, 5) is 23.7. The van der Waals surface area contributed by atoms with Crippen LogP contribution in [0.25, 0.3) is 10.2 Å². The molecule has 1 fully saturated rings. The number of thiophene rings is 1. The zero-order valence-corrected chi connectivity index (χ0v) is 13.7. The summed E-state index contributed by atoms with van der Waals surface area (Å²) in [5.74, 6) is 0.324. The van der Waals surface area contributed by atoms with Gasteiger partial charge in [0.2, 0.25) is 0 Å². The molecular weight excluding hydrogens is 316 g/mol. The number of ether oxygens (including phenoxy) is 1. The number of carbonyl (C=O) groups excluding carboxylic acids is 1. The summed E-state index contributed by atoms with van der Waals surface area (Å²) in [6.45, 7) is 4.62. The van der Waals surface area contributed by atoms with Gasteiger partial charge in [-0.2, -0.15) is 5.26 Å². The molecule has 3 rings (SSSR count). The van der Waals surface area contributed by atoms with Gasteiger partial charge in [-0.3, -0.25) is 0 Å². The maximum absolute atomic E-state index is 12.0. The molecule has 120 valence electrons. The van der Waals surface area contributed by atoms with Crippen LogP contribution < -0.4 is 4.90 Å². The Morgan fingerprint density at radius 1 is 1.57 bits per heavy atom. The Morgan fingerprint density at radius 2 is 2.30 bits per heavy atom. The number of fused-ring (bicyclic) bond motifs is 1. The maximum atomic E-state index is 12.0. The van der Waals surface area contributed by atoms with E-state index in [1.165, 1.54) is 17.7 Å². The molecule has 1 aliphatic rings. The van der Waals surface area contributed by atoms with Gasteiger partial charge in [0.25, 0.3) is 0 Å². The Hall–Kier alpha value is -2.24. The lowest BCUT2D eigenvalue weighted by atomic mass is 9.91. The summed E-state index contributed by atoms with van der Waals surface area (Å²) in [7, 11) is 0. The second-order valence-electron chi connectivity index (χ2n) is 5.57. The van der Waals surface area contributed by atoms with Gasteiger partial charge >= 0.3 is 5.97 Å². The number of β-amino-alcohol motifs (C(OH)–C–C–N with tert-alkyl or cyclic N) is 1. The maximum Gasteiger partial charge on any atom is 0.348 e. The van der Waals surface area contributed by atoms with Crippen LogP contribution in [0.4, 0.5) is 5.82 Å². The molecular formula is C15H16N4O3S. The molecule has 1 aliphatic heterocycles. The number of nitrogens with zero attached hydrogens (tertiary/aromatic N) is 4. The fourth-order valence-corrected chi connectivity index (χ4v) is 3.79. The van der Waals surface area contributed by atoms with E-state index in [4.69, 9.17) is 10.00 Å². The van der Waals surface area contributed by atoms with Crippen LogP contribution in [0.5, 0.6) is 0 Å². The molecule has 0 aliphatic carbocycles. The Morgan fingerprint density at radius 3 is 2.96 bits per heavy atom. The summed E-state index contributed by atoms with van der Waals surface area (Å²) >= 11 is 1.28. The van der Waals surface area contributed by atoms with Crippen molar-refractivity contribution in [2.75, 3.05) is 24.6 Å². The number of aliphatic hydroxyl groups is 1. The predicted octanol–water partition coefficient (Wildman–Crippen LogP) is 1.64. The fraction of sp³-hybridized carbons (Fsp3) is 0.467. The van der Waals surface area contributed by atoms with E-state index >= 15 is 0 Å². The SMILES string of the molecule is CCOC(=O)c1sc2ncnc(N3CC(O)(CC#N)C3)c2c1C. The molecule has 0 spiro atoms. The Balaban J connectivity index is 1.97. The van der Waals surface area contributed by atoms with E-state index in [0.717, 1.165) is 10.9 Å². The molecule has 0 unspecified atom stereocenters.